The Morgan fingerprint density at radius 2 is 1.81 bits per heavy atom. The van der Waals surface area contributed by atoms with Crippen LogP contribution in [0.4, 0.5) is 0 Å². The van der Waals surface area contributed by atoms with Crippen molar-refractivity contribution in [2.45, 2.75) is 38.5 Å². The van der Waals surface area contributed by atoms with E-state index < -0.39 is 0 Å². The minimum absolute atomic E-state index is 0.175. The lowest BCUT2D eigenvalue weighted by Gasteiger charge is -2.30. The predicted molar refractivity (Wildman–Crippen MR) is 69.8 cm³/mol. The Labute approximate surface area is 103 Å². The summed E-state index contributed by atoms with van der Waals surface area (Å²) >= 11 is 5.93. The van der Waals surface area contributed by atoms with E-state index in [1.165, 1.54) is 24.8 Å². The average Bonchev–Trinajstić information content (AvgIpc) is 2.57. The summed E-state index contributed by atoms with van der Waals surface area (Å²) in [4.78, 5) is 0. The van der Waals surface area contributed by atoms with Gasteiger partial charge in [-0.15, -0.1) is 0 Å². The van der Waals surface area contributed by atoms with Crippen LogP contribution in [-0.4, -0.2) is 6.54 Å². The molecule has 2 heteroatoms. The standard InChI is InChI=1S/C14H20ClN/c1-13(2)7-8-14(9-13,10-16)11-3-5-12(15)6-4-11/h3-6H,7-10,16H2,1-2H3. The molecule has 2 rings (SSSR count). The summed E-state index contributed by atoms with van der Waals surface area (Å²) in [5.74, 6) is 0. The first kappa shape index (κ1) is 11.9. The van der Waals surface area contributed by atoms with Crippen molar-refractivity contribution in [1.82, 2.24) is 0 Å². The Morgan fingerprint density at radius 3 is 2.25 bits per heavy atom. The topological polar surface area (TPSA) is 26.0 Å². The van der Waals surface area contributed by atoms with Crippen LogP contribution in [0, 0.1) is 5.41 Å². The highest BCUT2D eigenvalue weighted by Gasteiger charge is 2.43. The summed E-state index contributed by atoms with van der Waals surface area (Å²) in [7, 11) is 0. The monoisotopic (exact) mass is 237 g/mol. The Hall–Kier alpha value is -0.530. The molecule has 1 saturated carbocycles. The van der Waals surface area contributed by atoms with E-state index in [0.717, 1.165) is 11.6 Å². The van der Waals surface area contributed by atoms with Crippen molar-refractivity contribution in [2.75, 3.05) is 6.54 Å². The molecule has 0 aromatic heterocycles. The molecule has 88 valence electrons. The van der Waals surface area contributed by atoms with Crippen LogP contribution < -0.4 is 5.73 Å². The van der Waals surface area contributed by atoms with Crippen LogP contribution >= 0.6 is 11.6 Å². The highest BCUT2D eigenvalue weighted by molar-refractivity contribution is 6.30. The molecule has 16 heavy (non-hydrogen) atoms. The summed E-state index contributed by atoms with van der Waals surface area (Å²) in [5.41, 5.74) is 7.97. The first-order chi connectivity index (χ1) is 7.47. The molecule has 1 aromatic rings. The van der Waals surface area contributed by atoms with Crippen molar-refractivity contribution in [3.05, 3.63) is 34.9 Å². The smallest absolute Gasteiger partial charge is 0.0406 e. The number of hydrogen-bond donors (Lipinski definition) is 1. The van der Waals surface area contributed by atoms with Gasteiger partial charge in [0.05, 0.1) is 0 Å². The lowest BCUT2D eigenvalue weighted by molar-refractivity contribution is 0.338. The third-order valence-electron chi connectivity index (χ3n) is 3.94. The van der Waals surface area contributed by atoms with E-state index in [-0.39, 0.29) is 5.41 Å². The largest absolute Gasteiger partial charge is 0.330 e. The van der Waals surface area contributed by atoms with Crippen molar-refractivity contribution in [3.8, 4) is 0 Å². The van der Waals surface area contributed by atoms with Crippen LogP contribution in [0.3, 0.4) is 0 Å². The normalized spacial score (nSPS) is 28.2. The SMILES string of the molecule is CC1(C)CCC(CN)(c2ccc(Cl)cc2)C1. The molecule has 0 aliphatic heterocycles. The van der Waals surface area contributed by atoms with E-state index in [4.69, 9.17) is 17.3 Å². The van der Waals surface area contributed by atoms with Crippen molar-refractivity contribution in [2.24, 2.45) is 11.1 Å². The second-order valence-electron chi connectivity index (χ2n) is 5.83. The van der Waals surface area contributed by atoms with E-state index in [0.29, 0.717) is 5.41 Å². The van der Waals surface area contributed by atoms with E-state index in [9.17, 15) is 0 Å². The van der Waals surface area contributed by atoms with Crippen LogP contribution in [0.2, 0.25) is 5.02 Å². The maximum absolute atomic E-state index is 6.03. The second-order valence-corrected chi connectivity index (χ2v) is 6.27. The molecule has 1 unspecified atom stereocenters. The number of benzene rings is 1. The summed E-state index contributed by atoms with van der Waals surface area (Å²) in [6.07, 6.45) is 3.63. The highest BCUT2D eigenvalue weighted by Crippen LogP contribution is 2.50. The zero-order valence-corrected chi connectivity index (χ0v) is 10.8. The molecule has 1 nitrogen and oxygen atoms in total. The van der Waals surface area contributed by atoms with Crippen LogP contribution in [0.5, 0.6) is 0 Å². The van der Waals surface area contributed by atoms with Gasteiger partial charge in [0.25, 0.3) is 0 Å². The molecule has 1 aromatic carbocycles. The zero-order valence-electron chi connectivity index (χ0n) is 10.1. The Morgan fingerprint density at radius 1 is 1.19 bits per heavy atom. The van der Waals surface area contributed by atoms with Crippen LogP contribution in [0.25, 0.3) is 0 Å². The zero-order chi connectivity index (χ0) is 11.8. The van der Waals surface area contributed by atoms with Crippen molar-refractivity contribution >= 4 is 11.6 Å². The van der Waals surface area contributed by atoms with Gasteiger partial charge in [-0.1, -0.05) is 37.6 Å². The fourth-order valence-corrected chi connectivity index (χ4v) is 3.14. The first-order valence-electron chi connectivity index (χ1n) is 5.94. The van der Waals surface area contributed by atoms with E-state index in [1.807, 2.05) is 12.1 Å². The van der Waals surface area contributed by atoms with Gasteiger partial charge in [0, 0.05) is 17.0 Å². The molecular formula is C14H20ClN. The summed E-state index contributed by atoms with van der Waals surface area (Å²) < 4.78 is 0. The molecule has 0 bridgehead atoms. The number of rotatable bonds is 2. The van der Waals surface area contributed by atoms with Gasteiger partial charge in [-0.05, 0) is 42.4 Å². The maximum Gasteiger partial charge on any atom is 0.0406 e. The minimum atomic E-state index is 0.175. The van der Waals surface area contributed by atoms with Crippen molar-refractivity contribution in [3.63, 3.8) is 0 Å². The lowest BCUT2D eigenvalue weighted by atomic mass is 9.76. The summed E-state index contributed by atoms with van der Waals surface area (Å²) in [5, 5.41) is 0.799. The van der Waals surface area contributed by atoms with Crippen LogP contribution in [0.1, 0.15) is 38.7 Å². The maximum atomic E-state index is 6.03. The van der Waals surface area contributed by atoms with E-state index in [2.05, 4.69) is 26.0 Å². The van der Waals surface area contributed by atoms with Gasteiger partial charge in [0.2, 0.25) is 0 Å². The molecule has 1 fully saturated rings. The quantitative estimate of drug-likeness (QED) is 0.833. The fraction of sp³-hybridized carbons (Fsp3) is 0.571. The summed E-state index contributed by atoms with van der Waals surface area (Å²) in [6, 6.07) is 8.21. The van der Waals surface area contributed by atoms with Gasteiger partial charge in [0.1, 0.15) is 0 Å². The van der Waals surface area contributed by atoms with Gasteiger partial charge in [-0.3, -0.25) is 0 Å². The molecule has 2 N–H and O–H groups in total. The van der Waals surface area contributed by atoms with Gasteiger partial charge in [0.15, 0.2) is 0 Å². The van der Waals surface area contributed by atoms with Crippen molar-refractivity contribution in [1.29, 1.82) is 0 Å². The lowest BCUT2D eigenvalue weighted by Crippen LogP contribution is -2.33. The molecule has 0 saturated heterocycles. The molecule has 1 atom stereocenters. The third-order valence-corrected chi connectivity index (χ3v) is 4.20. The molecule has 0 radical (unpaired) electrons. The van der Waals surface area contributed by atoms with E-state index in [1.54, 1.807) is 0 Å². The number of nitrogens with two attached hydrogens (primary N) is 1. The molecule has 0 spiro atoms. The van der Waals surface area contributed by atoms with Gasteiger partial charge >= 0.3 is 0 Å². The Balaban J connectivity index is 2.33. The van der Waals surface area contributed by atoms with Crippen molar-refractivity contribution < 1.29 is 0 Å². The fourth-order valence-electron chi connectivity index (χ4n) is 3.01. The van der Waals surface area contributed by atoms with Crippen LogP contribution in [0.15, 0.2) is 24.3 Å². The van der Waals surface area contributed by atoms with Crippen LogP contribution in [-0.2, 0) is 5.41 Å². The Kier molecular flexibility index (Phi) is 3.02. The number of halogens is 1. The molecule has 1 aliphatic rings. The molecule has 0 amide bonds. The van der Waals surface area contributed by atoms with Gasteiger partial charge in [-0.2, -0.15) is 0 Å². The molecule has 0 heterocycles. The second kappa shape index (κ2) is 4.05. The van der Waals surface area contributed by atoms with E-state index >= 15 is 0 Å². The molecular weight excluding hydrogens is 218 g/mol. The first-order valence-corrected chi connectivity index (χ1v) is 6.31. The van der Waals surface area contributed by atoms with Gasteiger partial charge in [-0.25, -0.2) is 0 Å². The average molecular weight is 238 g/mol. The highest BCUT2D eigenvalue weighted by atomic mass is 35.5. The summed E-state index contributed by atoms with van der Waals surface area (Å²) in [6.45, 7) is 5.40. The van der Waals surface area contributed by atoms with Gasteiger partial charge < -0.3 is 5.73 Å². The predicted octanol–water partition coefficient (Wildman–Crippen LogP) is 3.75. The third kappa shape index (κ3) is 2.11. The number of hydrogen-bond acceptors (Lipinski definition) is 1. The Bertz CT molecular complexity index is 369. The minimum Gasteiger partial charge on any atom is -0.330 e. The molecule has 1 aliphatic carbocycles.